The normalized spacial score (nSPS) is 21.8. The van der Waals surface area contributed by atoms with Crippen LogP contribution < -0.4 is 5.32 Å². The van der Waals surface area contributed by atoms with Crippen molar-refractivity contribution in [3.05, 3.63) is 10.6 Å². The van der Waals surface area contributed by atoms with Gasteiger partial charge in [0, 0.05) is 26.0 Å². The number of carbonyl (C=O) groups excluding carboxylic acids is 2. The van der Waals surface area contributed by atoms with E-state index in [0.29, 0.717) is 22.5 Å². The molecular weight excluding hydrogens is 280 g/mol. The van der Waals surface area contributed by atoms with Crippen LogP contribution in [0.25, 0.3) is 0 Å². The van der Waals surface area contributed by atoms with Crippen molar-refractivity contribution in [2.45, 2.75) is 26.4 Å². The molecule has 0 saturated carbocycles. The van der Waals surface area contributed by atoms with Gasteiger partial charge in [0.05, 0.1) is 13.2 Å². The van der Waals surface area contributed by atoms with E-state index in [9.17, 15) is 9.59 Å². The summed E-state index contributed by atoms with van der Waals surface area (Å²) in [6.07, 6.45) is 1.22. The number of esters is 1. The molecular formula is C13H18N2O4S. The van der Waals surface area contributed by atoms with Crippen LogP contribution in [0, 0.1) is 5.92 Å². The maximum atomic E-state index is 11.6. The van der Waals surface area contributed by atoms with E-state index < -0.39 is 5.97 Å². The molecule has 7 heteroatoms. The van der Waals surface area contributed by atoms with Crippen LogP contribution in [-0.2, 0) is 9.47 Å². The number of rotatable bonds is 5. The molecule has 0 bridgehead atoms. The minimum atomic E-state index is -0.586. The number of Topliss-reactive ketones (excluding diaryl/α,β-unsaturated/α-hetero) is 1. The van der Waals surface area contributed by atoms with Crippen LogP contribution in [0.2, 0.25) is 0 Å². The Morgan fingerprint density at radius 2 is 2.30 bits per heavy atom. The Bertz CT molecular complexity index is 514. The maximum absolute atomic E-state index is 11.6. The predicted octanol–water partition coefficient (Wildman–Crippen LogP) is 1.97. The first-order chi connectivity index (χ1) is 9.52. The molecule has 2 atom stereocenters. The number of hydrogen-bond donors (Lipinski definition) is 1. The molecule has 2 heterocycles. The van der Waals surface area contributed by atoms with Crippen molar-refractivity contribution in [3.8, 4) is 0 Å². The molecule has 1 aromatic heterocycles. The van der Waals surface area contributed by atoms with Crippen molar-refractivity contribution in [3.63, 3.8) is 0 Å². The summed E-state index contributed by atoms with van der Waals surface area (Å²) in [4.78, 5) is 27.6. The third-order valence-electron chi connectivity index (χ3n) is 3.37. The molecule has 0 aliphatic carbocycles. The molecule has 110 valence electrons. The summed E-state index contributed by atoms with van der Waals surface area (Å²) < 4.78 is 10.1. The fraction of sp³-hybridized carbons (Fsp3) is 0.615. The van der Waals surface area contributed by atoms with Gasteiger partial charge in [-0.2, -0.15) is 0 Å². The molecule has 6 nitrogen and oxygen atoms in total. The number of nitrogens with one attached hydrogen (secondary N) is 1. The second kappa shape index (κ2) is 6.32. The molecule has 0 spiro atoms. The van der Waals surface area contributed by atoms with E-state index in [4.69, 9.17) is 4.74 Å². The lowest BCUT2D eigenvalue weighted by molar-refractivity contribution is 0.0591. The number of carbonyl (C=O) groups is 2. The SMILES string of the molecule is COC(=O)c1nc(NCC2CCOC2C)sc1C(C)=O. The van der Waals surface area contributed by atoms with Crippen LogP contribution in [0.4, 0.5) is 5.13 Å². The van der Waals surface area contributed by atoms with E-state index in [1.807, 2.05) is 6.92 Å². The molecule has 1 N–H and O–H groups in total. The van der Waals surface area contributed by atoms with Crippen molar-refractivity contribution < 1.29 is 19.1 Å². The second-order valence-electron chi connectivity index (χ2n) is 4.75. The zero-order chi connectivity index (χ0) is 14.7. The number of aromatic nitrogens is 1. The number of thiazole rings is 1. The van der Waals surface area contributed by atoms with Gasteiger partial charge in [0.1, 0.15) is 4.88 Å². The predicted molar refractivity (Wildman–Crippen MR) is 75.5 cm³/mol. The summed E-state index contributed by atoms with van der Waals surface area (Å²) >= 11 is 1.18. The highest BCUT2D eigenvalue weighted by atomic mass is 32.1. The Morgan fingerprint density at radius 3 is 2.85 bits per heavy atom. The molecule has 2 unspecified atom stereocenters. The Balaban J connectivity index is 2.08. The van der Waals surface area contributed by atoms with Crippen LogP contribution in [0.15, 0.2) is 0 Å². The van der Waals surface area contributed by atoms with E-state index in [1.165, 1.54) is 25.4 Å². The summed E-state index contributed by atoms with van der Waals surface area (Å²) in [5, 5.41) is 3.74. The topological polar surface area (TPSA) is 77.5 Å². The van der Waals surface area contributed by atoms with Crippen LogP contribution in [0.5, 0.6) is 0 Å². The Kier molecular flexibility index (Phi) is 4.72. The highest BCUT2D eigenvalue weighted by molar-refractivity contribution is 7.17. The van der Waals surface area contributed by atoms with Gasteiger partial charge in [-0.25, -0.2) is 9.78 Å². The van der Waals surface area contributed by atoms with Crippen LogP contribution in [0.3, 0.4) is 0 Å². The van der Waals surface area contributed by atoms with E-state index in [0.717, 1.165) is 13.0 Å². The van der Waals surface area contributed by atoms with Crippen LogP contribution in [0.1, 0.15) is 40.4 Å². The van der Waals surface area contributed by atoms with E-state index in [2.05, 4.69) is 15.0 Å². The monoisotopic (exact) mass is 298 g/mol. The molecule has 1 aromatic rings. The quantitative estimate of drug-likeness (QED) is 0.661. The van der Waals surface area contributed by atoms with Gasteiger partial charge < -0.3 is 14.8 Å². The minimum Gasteiger partial charge on any atom is -0.464 e. The average Bonchev–Trinajstić information content (AvgIpc) is 3.01. The minimum absolute atomic E-state index is 0.0863. The number of ketones is 1. The third kappa shape index (κ3) is 3.16. The van der Waals surface area contributed by atoms with Crippen molar-refractivity contribution in [2.24, 2.45) is 5.92 Å². The number of ether oxygens (including phenoxy) is 2. The Labute approximate surface area is 121 Å². The summed E-state index contributed by atoms with van der Waals surface area (Å²) in [6.45, 7) is 4.95. The third-order valence-corrected chi connectivity index (χ3v) is 4.49. The molecule has 0 radical (unpaired) electrons. The lowest BCUT2D eigenvalue weighted by atomic mass is 10.0. The highest BCUT2D eigenvalue weighted by Gasteiger charge is 2.25. The van der Waals surface area contributed by atoms with Crippen LogP contribution >= 0.6 is 11.3 Å². The van der Waals surface area contributed by atoms with Crippen molar-refractivity contribution >= 4 is 28.2 Å². The van der Waals surface area contributed by atoms with Gasteiger partial charge in [-0.15, -0.1) is 0 Å². The lowest BCUT2D eigenvalue weighted by Crippen LogP contribution is -2.20. The van der Waals surface area contributed by atoms with E-state index in [1.54, 1.807) is 0 Å². The molecule has 0 amide bonds. The largest absolute Gasteiger partial charge is 0.464 e. The lowest BCUT2D eigenvalue weighted by Gasteiger charge is -2.13. The fourth-order valence-electron chi connectivity index (χ4n) is 2.13. The van der Waals surface area contributed by atoms with Gasteiger partial charge in [-0.3, -0.25) is 4.79 Å². The number of anilines is 1. The van der Waals surface area contributed by atoms with Gasteiger partial charge in [0.15, 0.2) is 16.6 Å². The maximum Gasteiger partial charge on any atom is 0.358 e. The first kappa shape index (κ1) is 14.9. The molecule has 1 saturated heterocycles. The van der Waals surface area contributed by atoms with Gasteiger partial charge in [0.25, 0.3) is 0 Å². The summed E-state index contributed by atoms with van der Waals surface area (Å²) in [5.41, 5.74) is 0.0863. The van der Waals surface area contributed by atoms with Gasteiger partial charge in [-0.05, 0) is 13.3 Å². The van der Waals surface area contributed by atoms with Crippen molar-refractivity contribution in [2.75, 3.05) is 25.6 Å². The van der Waals surface area contributed by atoms with Crippen molar-refractivity contribution in [1.82, 2.24) is 4.98 Å². The van der Waals surface area contributed by atoms with E-state index in [-0.39, 0.29) is 17.6 Å². The number of nitrogens with zero attached hydrogens (tertiary/aromatic N) is 1. The summed E-state index contributed by atoms with van der Waals surface area (Å²) in [5.74, 6) is -0.355. The molecule has 2 rings (SSSR count). The number of hydrogen-bond acceptors (Lipinski definition) is 7. The molecule has 1 fully saturated rings. The highest BCUT2D eigenvalue weighted by Crippen LogP contribution is 2.26. The Hall–Kier alpha value is -1.47. The summed E-state index contributed by atoms with van der Waals surface area (Å²) in [7, 11) is 1.27. The smallest absolute Gasteiger partial charge is 0.358 e. The standard InChI is InChI=1S/C13H18N2O4S/c1-7(16)11-10(12(17)18-3)15-13(20-11)14-6-9-4-5-19-8(9)2/h8-9H,4-6H2,1-3H3,(H,14,15). The average molecular weight is 298 g/mol. The molecule has 20 heavy (non-hydrogen) atoms. The zero-order valence-electron chi connectivity index (χ0n) is 11.8. The molecule has 1 aliphatic rings. The first-order valence-corrected chi connectivity index (χ1v) is 7.30. The van der Waals surface area contributed by atoms with E-state index >= 15 is 0 Å². The van der Waals surface area contributed by atoms with Gasteiger partial charge in [-0.1, -0.05) is 11.3 Å². The Morgan fingerprint density at radius 1 is 1.55 bits per heavy atom. The number of methoxy groups -OCH3 is 1. The van der Waals surface area contributed by atoms with Gasteiger partial charge >= 0.3 is 5.97 Å². The fourth-order valence-corrected chi connectivity index (χ4v) is 2.99. The van der Waals surface area contributed by atoms with Gasteiger partial charge in [0.2, 0.25) is 0 Å². The summed E-state index contributed by atoms with van der Waals surface area (Å²) in [6, 6.07) is 0. The van der Waals surface area contributed by atoms with Crippen LogP contribution in [-0.4, -0.2) is 43.1 Å². The first-order valence-electron chi connectivity index (χ1n) is 6.48. The molecule has 1 aliphatic heterocycles. The molecule has 0 aromatic carbocycles. The second-order valence-corrected chi connectivity index (χ2v) is 5.75. The zero-order valence-corrected chi connectivity index (χ0v) is 12.6. The van der Waals surface area contributed by atoms with Crippen molar-refractivity contribution in [1.29, 1.82) is 0 Å².